The third kappa shape index (κ3) is 3.81. The molecule has 104 valence electrons. The second kappa shape index (κ2) is 6.37. The fourth-order valence-electron chi connectivity index (χ4n) is 1.76. The molecule has 5 heteroatoms. The molecule has 0 heterocycles. The van der Waals surface area contributed by atoms with Gasteiger partial charge in [-0.25, -0.2) is 4.39 Å². The standard InChI is InChI=1S/C15H11BrClFO2/c1-9(19)14-7-12(17)2-3-15(14)20-8-10-4-11(16)6-13(18)5-10/h2-7H,8H2,1H3. The highest BCUT2D eigenvalue weighted by Gasteiger charge is 2.10. The third-order valence-electron chi connectivity index (χ3n) is 2.64. The van der Waals surface area contributed by atoms with E-state index in [4.69, 9.17) is 16.3 Å². The van der Waals surface area contributed by atoms with Crippen molar-refractivity contribution in [1.29, 1.82) is 0 Å². The number of carbonyl (C=O) groups excluding carboxylic acids is 1. The summed E-state index contributed by atoms with van der Waals surface area (Å²) in [6.07, 6.45) is 0. The lowest BCUT2D eigenvalue weighted by Gasteiger charge is -2.10. The van der Waals surface area contributed by atoms with Crippen molar-refractivity contribution in [3.05, 3.63) is 62.8 Å². The minimum Gasteiger partial charge on any atom is -0.488 e. The predicted octanol–water partition coefficient (Wildman–Crippen LogP) is 5.02. The number of rotatable bonds is 4. The molecule has 0 aliphatic rings. The van der Waals surface area contributed by atoms with Crippen molar-refractivity contribution in [1.82, 2.24) is 0 Å². The molecule has 0 aromatic heterocycles. The van der Waals surface area contributed by atoms with Crippen LogP contribution in [0.2, 0.25) is 5.02 Å². The Hall–Kier alpha value is -1.39. The molecule has 2 rings (SSSR count). The van der Waals surface area contributed by atoms with Crippen molar-refractivity contribution < 1.29 is 13.9 Å². The van der Waals surface area contributed by atoms with E-state index in [1.54, 1.807) is 24.3 Å². The molecule has 0 amide bonds. The Labute approximate surface area is 129 Å². The lowest BCUT2D eigenvalue weighted by Crippen LogP contribution is -2.02. The summed E-state index contributed by atoms with van der Waals surface area (Å²) in [4.78, 5) is 11.5. The summed E-state index contributed by atoms with van der Waals surface area (Å²) in [5.41, 5.74) is 1.08. The van der Waals surface area contributed by atoms with Crippen molar-refractivity contribution in [3.63, 3.8) is 0 Å². The molecular weight excluding hydrogens is 347 g/mol. The van der Waals surface area contributed by atoms with Crippen LogP contribution in [-0.2, 0) is 6.61 Å². The van der Waals surface area contributed by atoms with Gasteiger partial charge in [0.1, 0.15) is 18.2 Å². The van der Waals surface area contributed by atoms with Gasteiger partial charge in [-0.05, 0) is 48.9 Å². The largest absolute Gasteiger partial charge is 0.488 e. The minimum atomic E-state index is -0.346. The molecule has 2 aromatic carbocycles. The van der Waals surface area contributed by atoms with Crippen molar-refractivity contribution >= 4 is 33.3 Å². The predicted molar refractivity (Wildman–Crippen MR) is 79.9 cm³/mol. The molecule has 2 aromatic rings. The van der Waals surface area contributed by atoms with Gasteiger partial charge in [-0.1, -0.05) is 27.5 Å². The number of benzene rings is 2. The highest BCUT2D eigenvalue weighted by atomic mass is 79.9. The Morgan fingerprint density at radius 2 is 2.05 bits per heavy atom. The van der Waals surface area contributed by atoms with E-state index in [0.29, 0.717) is 26.4 Å². The van der Waals surface area contributed by atoms with Gasteiger partial charge < -0.3 is 4.74 Å². The average molecular weight is 358 g/mol. The van der Waals surface area contributed by atoms with Gasteiger partial charge in [0.25, 0.3) is 0 Å². The van der Waals surface area contributed by atoms with Gasteiger partial charge in [-0.15, -0.1) is 0 Å². The molecule has 0 unspecified atom stereocenters. The van der Waals surface area contributed by atoms with Crippen molar-refractivity contribution in [2.24, 2.45) is 0 Å². The molecule has 20 heavy (non-hydrogen) atoms. The molecule has 0 atom stereocenters. The smallest absolute Gasteiger partial charge is 0.163 e. The van der Waals surface area contributed by atoms with Crippen LogP contribution in [-0.4, -0.2) is 5.78 Å². The number of Topliss-reactive ketones (excluding diaryl/α,β-unsaturated/α-hetero) is 1. The third-order valence-corrected chi connectivity index (χ3v) is 3.33. The molecule has 0 bridgehead atoms. The van der Waals surface area contributed by atoms with E-state index in [1.165, 1.54) is 19.1 Å². The van der Waals surface area contributed by atoms with Crippen molar-refractivity contribution in [2.45, 2.75) is 13.5 Å². The normalized spacial score (nSPS) is 10.4. The number of halogens is 3. The fourth-order valence-corrected chi connectivity index (χ4v) is 2.44. The maximum atomic E-state index is 13.3. The quantitative estimate of drug-likeness (QED) is 0.718. The van der Waals surface area contributed by atoms with Gasteiger partial charge in [-0.2, -0.15) is 0 Å². The van der Waals surface area contributed by atoms with Crippen LogP contribution < -0.4 is 4.74 Å². The highest BCUT2D eigenvalue weighted by Crippen LogP contribution is 2.25. The van der Waals surface area contributed by atoms with Crippen LogP contribution in [0.3, 0.4) is 0 Å². The number of ether oxygens (including phenoxy) is 1. The summed E-state index contributed by atoms with van der Waals surface area (Å²) in [7, 11) is 0. The maximum absolute atomic E-state index is 13.3. The van der Waals surface area contributed by atoms with Crippen LogP contribution in [0.4, 0.5) is 4.39 Å². The molecular formula is C15H11BrClFO2. The van der Waals surface area contributed by atoms with Crippen LogP contribution in [0, 0.1) is 5.82 Å². The van der Waals surface area contributed by atoms with Crippen LogP contribution in [0.25, 0.3) is 0 Å². The molecule has 0 saturated heterocycles. The maximum Gasteiger partial charge on any atom is 0.163 e. The average Bonchev–Trinajstić information content (AvgIpc) is 2.36. The van der Waals surface area contributed by atoms with E-state index in [0.717, 1.165) is 0 Å². The zero-order valence-electron chi connectivity index (χ0n) is 10.6. The molecule has 0 aliphatic carbocycles. The first-order valence-electron chi connectivity index (χ1n) is 5.84. The van der Waals surface area contributed by atoms with Crippen LogP contribution in [0.15, 0.2) is 40.9 Å². The first-order chi connectivity index (χ1) is 9.45. The molecule has 0 fully saturated rings. The monoisotopic (exact) mass is 356 g/mol. The number of hydrogen-bond acceptors (Lipinski definition) is 2. The van der Waals surface area contributed by atoms with E-state index < -0.39 is 0 Å². The van der Waals surface area contributed by atoms with Gasteiger partial charge in [-0.3, -0.25) is 4.79 Å². The van der Waals surface area contributed by atoms with Gasteiger partial charge in [0.15, 0.2) is 5.78 Å². The van der Waals surface area contributed by atoms with Crippen LogP contribution >= 0.6 is 27.5 Å². The Balaban J connectivity index is 2.20. The molecule has 0 aliphatic heterocycles. The van der Waals surface area contributed by atoms with E-state index in [1.807, 2.05) is 0 Å². The van der Waals surface area contributed by atoms with E-state index in [-0.39, 0.29) is 18.2 Å². The minimum absolute atomic E-state index is 0.136. The molecule has 0 N–H and O–H groups in total. The van der Waals surface area contributed by atoms with Crippen LogP contribution in [0.1, 0.15) is 22.8 Å². The first kappa shape index (κ1) is 15.0. The Morgan fingerprint density at radius 3 is 2.70 bits per heavy atom. The summed E-state index contributed by atoms with van der Waals surface area (Å²) in [5, 5.41) is 0.469. The number of hydrogen-bond donors (Lipinski definition) is 0. The van der Waals surface area contributed by atoms with Crippen LogP contribution in [0.5, 0.6) is 5.75 Å². The second-order valence-electron chi connectivity index (χ2n) is 4.26. The zero-order chi connectivity index (χ0) is 14.7. The summed E-state index contributed by atoms with van der Waals surface area (Å²) in [6.45, 7) is 1.61. The van der Waals surface area contributed by atoms with Gasteiger partial charge in [0.2, 0.25) is 0 Å². The molecule has 0 spiro atoms. The molecule has 2 nitrogen and oxygen atoms in total. The second-order valence-corrected chi connectivity index (χ2v) is 5.62. The summed E-state index contributed by atoms with van der Waals surface area (Å²) in [6, 6.07) is 9.34. The van der Waals surface area contributed by atoms with Crippen molar-refractivity contribution in [2.75, 3.05) is 0 Å². The Morgan fingerprint density at radius 1 is 1.30 bits per heavy atom. The number of carbonyl (C=O) groups is 1. The summed E-state index contributed by atoms with van der Waals surface area (Å²) >= 11 is 9.08. The SMILES string of the molecule is CC(=O)c1cc(Cl)ccc1OCc1cc(F)cc(Br)c1. The van der Waals surface area contributed by atoms with Gasteiger partial charge >= 0.3 is 0 Å². The van der Waals surface area contributed by atoms with Crippen molar-refractivity contribution in [3.8, 4) is 5.75 Å². The highest BCUT2D eigenvalue weighted by molar-refractivity contribution is 9.10. The Bertz CT molecular complexity index is 638. The first-order valence-corrected chi connectivity index (χ1v) is 7.01. The number of ketones is 1. The zero-order valence-corrected chi connectivity index (χ0v) is 13.0. The van der Waals surface area contributed by atoms with E-state index >= 15 is 0 Å². The molecule has 0 radical (unpaired) electrons. The summed E-state index contributed by atoms with van der Waals surface area (Å²) in [5.74, 6) is -0.0499. The fraction of sp³-hybridized carbons (Fsp3) is 0.133. The van der Waals surface area contributed by atoms with E-state index in [9.17, 15) is 9.18 Å². The lowest BCUT2D eigenvalue weighted by molar-refractivity contribution is 0.101. The Kier molecular flexibility index (Phi) is 4.78. The summed E-state index contributed by atoms with van der Waals surface area (Å²) < 4.78 is 19.5. The van der Waals surface area contributed by atoms with Gasteiger partial charge in [0.05, 0.1) is 5.56 Å². The van der Waals surface area contributed by atoms with E-state index in [2.05, 4.69) is 15.9 Å². The van der Waals surface area contributed by atoms with Gasteiger partial charge in [0, 0.05) is 9.50 Å². The molecule has 0 saturated carbocycles. The lowest BCUT2D eigenvalue weighted by atomic mass is 10.1. The topological polar surface area (TPSA) is 26.3 Å².